The second-order valence-corrected chi connectivity index (χ2v) is 8.86. The SMILES string of the molecule is CC(=O)N(Cc1ccccc1)c1cc(-c2ccccc2)n(-c2ccc(S(N)(=O)=O)cc2)n1. The first-order valence-electron chi connectivity index (χ1n) is 9.94. The standard InChI is InChI=1S/C24H22N4O3S/c1-18(29)27(17-19-8-4-2-5-9-19)24-16-23(20-10-6-3-7-11-20)28(26-24)21-12-14-22(15-13-21)32(25,30)31/h2-16H,17H2,1H3,(H2,25,30,31). The van der Waals surface area contributed by atoms with E-state index in [-0.39, 0.29) is 10.8 Å². The van der Waals surface area contributed by atoms with Gasteiger partial charge in [-0.3, -0.25) is 9.69 Å². The molecule has 0 aliphatic heterocycles. The number of hydrogen-bond acceptors (Lipinski definition) is 4. The maximum absolute atomic E-state index is 12.5. The number of nitrogens with two attached hydrogens (primary N) is 1. The first kappa shape index (κ1) is 21.5. The van der Waals surface area contributed by atoms with Crippen LogP contribution < -0.4 is 10.0 Å². The average Bonchev–Trinajstić information content (AvgIpc) is 3.23. The minimum absolute atomic E-state index is 0.0179. The number of benzene rings is 3. The molecule has 4 aromatic rings. The monoisotopic (exact) mass is 446 g/mol. The second kappa shape index (κ2) is 8.78. The van der Waals surface area contributed by atoms with E-state index in [9.17, 15) is 13.2 Å². The molecule has 2 N–H and O–H groups in total. The predicted molar refractivity (Wildman–Crippen MR) is 124 cm³/mol. The zero-order valence-corrected chi connectivity index (χ0v) is 18.2. The topological polar surface area (TPSA) is 98.3 Å². The predicted octanol–water partition coefficient (Wildman–Crippen LogP) is 3.74. The molecular weight excluding hydrogens is 424 g/mol. The number of aromatic nitrogens is 2. The summed E-state index contributed by atoms with van der Waals surface area (Å²) in [5.41, 5.74) is 3.30. The maximum Gasteiger partial charge on any atom is 0.238 e. The summed E-state index contributed by atoms with van der Waals surface area (Å²) in [6.45, 7) is 1.89. The minimum Gasteiger partial charge on any atom is -0.291 e. The molecule has 0 bridgehead atoms. The average molecular weight is 447 g/mol. The van der Waals surface area contributed by atoms with E-state index in [0.29, 0.717) is 18.1 Å². The van der Waals surface area contributed by atoms with E-state index in [1.54, 1.807) is 21.7 Å². The van der Waals surface area contributed by atoms with Gasteiger partial charge in [-0.15, -0.1) is 5.10 Å². The van der Waals surface area contributed by atoms with E-state index in [1.165, 1.54) is 19.1 Å². The van der Waals surface area contributed by atoms with Gasteiger partial charge in [0, 0.05) is 18.6 Å². The molecule has 0 spiro atoms. The summed E-state index contributed by atoms with van der Waals surface area (Å²) >= 11 is 0. The Bertz CT molecular complexity index is 1330. The lowest BCUT2D eigenvalue weighted by molar-refractivity contribution is -0.116. The number of carbonyl (C=O) groups is 1. The van der Waals surface area contributed by atoms with E-state index >= 15 is 0 Å². The van der Waals surface area contributed by atoms with E-state index < -0.39 is 10.0 Å². The van der Waals surface area contributed by atoms with Gasteiger partial charge in [-0.05, 0) is 29.8 Å². The smallest absolute Gasteiger partial charge is 0.238 e. The number of amides is 1. The molecule has 32 heavy (non-hydrogen) atoms. The molecule has 0 saturated carbocycles. The zero-order valence-electron chi connectivity index (χ0n) is 17.4. The third kappa shape index (κ3) is 4.61. The largest absolute Gasteiger partial charge is 0.291 e. The van der Waals surface area contributed by atoms with Gasteiger partial charge in [0.1, 0.15) is 0 Å². The number of hydrogen-bond donors (Lipinski definition) is 1. The van der Waals surface area contributed by atoms with Crippen molar-refractivity contribution in [3.8, 4) is 16.9 Å². The molecule has 0 aliphatic carbocycles. The van der Waals surface area contributed by atoms with Crippen molar-refractivity contribution in [2.24, 2.45) is 5.14 Å². The lowest BCUT2D eigenvalue weighted by Gasteiger charge is -2.18. The van der Waals surface area contributed by atoms with Gasteiger partial charge in [-0.1, -0.05) is 60.7 Å². The van der Waals surface area contributed by atoms with Gasteiger partial charge in [-0.2, -0.15) is 0 Å². The van der Waals surface area contributed by atoms with Crippen molar-refractivity contribution < 1.29 is 13.2 Å². The molecular formula is C24H22N4O3S. The van der Waals surface area contributed by atoms with E-state index in [0.717, 1.165) is 16.8 Å². The van der Waals surface area contributed by atoms with Crippen LogP contribution in [0, 0.1) is 0 Å². The Morgan fingerprint density at radius 3 is 2.09 bits per heavy atom. The molecule has 0 atom stereocenters. The van der Waals surface area contributed by atoms with E-state index in [1.807, 2.05) is 66.7 Å². The van der Waals surface area contributed by atoms with Gasteiger partial charge in [0.05, 0.1) is 22.8 Å². The first-order chi connectivity index (χ1) is 15.3. The van der Waals surface area contributed by atoms with Crippen LogP contribution in [0.4, 0.5) is 5.82 Å². The van der Waals surface area contributed by atoms with Gasteiger partial charge in [0.25, 0.3) is 0 Å². The molecule has 1 aromatic heterocycles. The molecule has 3 aromatic carbocycles. The highest BCUT2D eigenvalue weighted by molar-refractivity contribution is 7.89. The highest BCUT2D eigenvalue weighted by Crippen LogP contribution is 2.29. The van der Waals surface area contributed by atoms with Gasteiger partial charge in [0.2, 0.25) is 15.9 Å². The van der Waals surface area contributed by atoms with Crippen LogP contribution in [0.5, 0.6) is 0 Å². The molecule has 8 heteroatoms. The van der Waals surface area contributed by atoms with Crippen LogP contribution in [0.25, 0.3) is 16.9 Å². The molecule has 1 heterocycles. The van der Waals surface area contributed by atoms with Crippen molar-refractivity contribution in [2.45, 2.75) is 18.4 Å². The summed E-state index contributed by atoms with van der Waals surface area (Å²) < 4.78 is 24.9. The Hall–Kier alpha value is -3.75. The number of primary sulfonamides is 1. The summed E-state index contributed by atoms with van der Waals surface area (Å²) in [4.78, 5) is 14.1. The van der Waals surface area contributed by atoms with Crippen LogP contribution in [0.3, 0.4) is 0 Å². The van der Waals surface area contributed by atoms with Gasteiger partial charge in [0.15, 0.2) is 5.82 Å². The molecule has 1 amide bonds. The summed E-state index contributed by atoms with van der Waals surface area (Å²) in [7, 11) is -3.80. The van der Waals surface area contributed by atoms with Crippen molar-refractivity contribution in [1.29, 1.82) is 0 Å². The van der Waals surface area contributed by atoms with Crippen molar-refractivity contribution in [2.75, 3.05) is 4.90 Å². The van der Waals surface area contributed by atoms with Crippen molar-refractivity contribution in [3.05, 3.63) is 96.6 Å². The fraction of sp³-hybridized carbons (Fsp3) is 0.0833. The summed E-state index contributed by atoms with van der Waals surface area (Å²) in [5.74, 6) is 0.360. The van der Waals surface area contributed by atoms with Crippen LogP contribution in [0.1, 0.15) is 12.5 Å². The van der Waals surface area contributed by atoms with E-state index in [2.05, 4.69) is 0 Å². The fourth-order valence-corrected chi connectivity index (χ4v) is 3.92. The van der Waals surface area contributed by atoms with Gasteiger partial charge < -0.3 is 0 Å². The molecule has 0 aliphatic rings. The van der Waals surface area contributed by atoms with Crippen molar-refractivity contribution in [3.63, 3.8) is 0 Å². The Kier molecular flexibility index (Phi) is 5.89. The highest BCUT2D eigenvalue weighted by atomic mass is 32.2. The summed E-state index contributed by atoms with van der Waals surface area (Å²) in [6.07, 6.45) is 0. The highest BCUT2D eigenvalue weighted by Gasteiger charge is 2.20. The zero-order chi connectivity index (χ0) is 22.7. The summed E-state index contributed by atoms with van der Waals surface area (Å²) in [5, 5.41) is 9.93. The van der Waals surface area contributed by atoms with Crippen molar-refractivity contribution in [1.82, 2.24) is 9.78 Å². The first-order valence-corrected chi connectivity index (χ1v) is 11.5. The van der Waals surface area contributed by atoms with Crippen LogP contribution in [-0.4, -0.2) is 24.1 Å². The third-order valence-corrected chi connectivity index (χ3v) is 5.95. The molecule has 7 nitrogen and oxygen atoms in total. The van der Waals surface area contributed by atoms with Crippen LogP contribution in [0.15, 0.2) is 95.9 Å². The maximum atomic E-state index is 12.5. The molecule has 4 rings (SSSR count). The van der Waals surface area contributed by atoms with Gasteiger partial charge in [-0.25, -0.2) is 18.2 Å². The Morgan fingerprint density at radius 2 is 1.53 bits per heavy atom. The number of carbonyl (C=O) groups excluding carboxylic acids is 1. The molecule has 0 saturated heterocycles. The number of rotatable bonds is 6. The molecule has 0 unspecified atom stereocenters. The molecule has 162 valence electrons. The molecule has 0 fully saturated rings. The summed E-state index contributed by atoms with van der Waals surface area (Å²) in [6, 6.07) is 27.4. The fourth-order valence-electron chi connectivity index (χ4n) is 3.41. The van der Waals surface area contributed by atoms with Crippen LogP contribution in [0.2, 0.25) is 0 Å². The Labute approximate surface area is 186 Å². The Balaban J connectivity index is 1.81. The number of anilines is 1. The number of nitrogens with zero attached hydrogens (tertiary/aromatic N) is 3. The number of sulfonamides is 1. The van der Waals surface area contributed by atoms with Gasteiger partial charge >= 0.3 is 0 Å². The third-order valence-electron chi connectivity index (χ3n) is 5.02. The quantitative estimate of drug-likeness (QED) is 0.488. The van der Waals surface area contributed by atoms with Crippen molar-refractivity contribution >= 4 is 21.7 Å². The van der Waals surface area contributed by atoms with Crippen LogP contribution in [-0.2, 0) is 21.4 Å². The second-order valence-electron chi connectivity index (χ2n) is 7.30. The lowest BCUT2D eigenvalue weighted by Crippen LogP contribution is -2.28. The molecule has 0 radical (unpaired) electrons. The normalized spacial score (nSPS) is 11.3. The lowest BCUT2D eigenvalue weighted by atomic mass is 10.1. The Morgan fingerprint density at radius 1 is 0.938 bits per heavy atom. The van der Waals surface area contributed by atoms with E-state index in [4.69, 9.17) is 10.2 Å². The van der Waals surface area contributed by atoms with Crippen LogP contribution >= 0.6 is 0 Å². The minimum atomic E-state index is -3.80.